The lowest BCUT2D eigenvalue weighted by Crippen LogP contribution is -2.29. The molecule has 2 unspecified atom stereocenters. The third-order valence-corrected chi connectivity index (χ3v) is 2.16. The molecule has 0 aromatic heterocycles. The largest absolute Gasteiger partial charge is 0.461 e. The van der Waals surface area contributed by atoms with E-state index in [-0.39, 0.29) is 18.0 Å². The van der Waals surface area contributed by atoms with E-state index in [0.717, 1.165) is 12.8 Å². The molecule has 0 amide bonds. The summed E-state index contributed by atoms with van der Waals surface area (Å²) in [5.41, 5.74) is 0. The van der Waals surface area contributed by atoms with Crippen molar-refractivity contribution in [2.75, 3.05) is 13.2 Å². The summed E-state index contributed by atoms with van der Waals surface area (Å²) in [5, 5.41) is 0. The topological polar surface area (TPSA) is 35.5 Å². The average Bonchev–Trinajstić information content (AvgIpc) is 2.14. The van der Waals surface area contributed by atoms with Gasteiger partial charge in [0, 0.05) is 6.61 Å². The van der Waals surface area contributed by atoms with Gasteiger partial charge in [-0.3, -0.25) is 4.79 Å². The molecule has 0 aromatic rings. The Morgan fingerprint density at radius 2 is 2.54 bits per heavy atom. The normalized spacial score (nSPS) is 28.1. The molecule has 0 aromatic carbocycles. The van der Waals surface area contributed by atoms with Crippen molar-refractivity contribution in [1.82, 2.24) is 0 Å². The van der Waals surface area contributed by atoms with Crippen LogP contribution in [0, 0.1) is 5.92 Å². The second-order valence-corrected chi connectivity index (χ2v) is 3.32. The predicted molar refractivity (Wildman–Crippen MR) is 49.3 cm³/mol. The van der Waals surface area contributed by atoms with E-state index in [1.807, 2.05) is 6.92 Å². The van der Waals surface area contributed by atoms with Gasteiger partial charge in [0.25, 0.3) is 0 Å². The Labute approximate surface area is 78.7 Å². The molecule has 1 heterocycles. The lowest BCUT2D eigenvalue weighted by Gasteiger charge is -2.25. The maximum Gasteiger partial charge on any atom is 0.309 e. The van der Waals surface area contributed by atoms with Gasteiger partial charge < -0.3 is 9.47 Å². The quantitative estimate of drug-likeness (QED) is 0.493. The summed E-state index contributed by atoms with van der Waals surface area (Å²) >= 11 is 0. The molecule has 13 heavy (non-hydrogen) atoms. The lowest BCUT2D eigenvalue weighted by atomic mass is 9.96. The van der Waals surface area contributed by atoms with E-state index < -0.39 is 0 Å². The van der Waals surface area contributed by atoms with Crippen LogP contribution in [0.5, 0.6) is 0 Å². The SMILES string of the molecule is C=CCOC(=O)C1CCOC(C)C1. The van der Waals surface area contributed by atoms with Gasteiger partial charge >= 0.3 is 5.97 Å². The van der Waals surface area contributed by atoms with Crippen LogP contribution in [-0.4, -0.2) is 25.3 Å². The highest BCUT2D eigenvalue weighted by atomic mass is 16.5. The van der Waals surface area contributed by atoms with E-state index in [2.05, 4.69) is 6.58 Å². The molecule has 3 nitrogen and oxygen atoms in total. The molecule has 0 bridgehead atoms. The second kappa shape index (κ2) is 5.02. The van der Waals surface area contributed by atoms with Gasteiger partial charge in [0.05, 0.1) is 12.0 Å². The number of carbonyl (C=O) groups is 1. The summed E-state index contributed by atoms with van der Waals surface area (Å²) in [6, 6.07) is 0. The molecular weight excluding hydrogens is 168 g/mol. The maximum atomic E-state index is 11.4. The highest BCUT2D eigenvalue weighted by molar-refractivity contribution is 5.72. The predicted octanol–water partition coefficient (Wildman–Crippen LogP) is 1.53. The fourth-order valence-corrected chi connectivity index (χ4v) is 1.47. The Morgan fingerprint density at radius 3 is 3.15 bits per heavy atom. The molecular formula is C10H16O3. The van der Waals surface area contributed by atoms with Gasteiger partial charge in [0.15, 0.2) is 0 Å². The number of esters is 1. The van der Waals surface area contributed by atoms with Crippen molar-refractivity contribution >= 4 is 5.97 Å². The van der Waals surface area contributed by atoms with E-state index >= 15 is 0 Å². The Hall–Kier alpha value is -0.830. The second-order valence-electron chi connectivity index (χ2n) is 3.32. The van der Waals surface area contributed by atoms with Crippen molar-refractivity contribution in [3.05, 3.63) is 12.7 Å². The van der Waals surface area contributed by atoms with E-state index in [4.69, 9.17) is 9.47 Å². The zero-order valence-electron chi connectivity index (χ0n) is 7.99. The molecule has 0 saturated carbocycles. The first-order valence-electron chi connectivity index (χ1n) is 4.63. The fourth-order valence-electron chi connectivity index (χ4n) is 1.47. The first kappa shape index (κ1) is 10.3. The van der Waals surface area contributed by atoms with Gasteiger partial charge in [-0.1, -0.05) is 12.7 Å². The minimum atomic E-state index is -0.116. The van der Waals surface area contributed by atoms with Crippen LogP contribution in [0.4, 0.5) is 0 Å². The van der Waals surface area contributed by atoms with Crippen LogP contribution in [0.15, 0.2) is 12.7 Å². The van der Waals surface area contributed by atoms with Crippen LogP contribution in [0.2, 0.25) is 0 Å². The van der Waals surface area contributed by atoms with Crippen molar-refractivity contribution in [2.24, 2.45) is 5.92 Å². The molecule has 1 fully saturated rings. The summed E-state index contributed by atoms with van der Waals surface area (Å²) < 4.78 is 10.3. The molecule has 0 N–H and O–H groups in total. The number of ether oxygens (including phenoxy) is 2. The van der Waals surface area contributed by atoms with Crippen LogP contribution in [0.1, 0.15) is 19.8 Å². The van der Waals surface area contributed by atoms with Crippen molar-refractivity contribution in [1.29, 1.82) is 0 Å². The number of hydrogen-bond acceptors (Lipinski definition) is 3. The summed E-state index contributed by atoms with van der Waals surface area (Å²) in [6.45, 7) is 6.44. The van der Waals surface area contributed by atoms with Gasteiger partial charge in [-0.05, 0) is 19.8 Å². The standard InChI is InChI=1S/C10H16O3/c1-3-5-13-10(11)9-4-6-12-8(2)7-9/h3,8-9H,1,4-7H2,2H3. The van der Waals surface area contributed by atoms with Crippen molar-refractivity contribution < 1.29 is 14.3 Å². The monoisotopic (exact) mass is 184 g/mol. The van der Waals surface area contributed by atoms with Crippen LogP contribution < -0.4 is 0 Å². The smallest absolute Gasteiger partial charge is 0.309 e. The van der Waals surface area contributed by atoms with Crippen molar-refractivity contribution in [3.63, 3.8) is 0 Å². The average molecular weight is 184 g/mol. The minimum absolute atomic E-state index is 0.0173. The molecule has 3 heteroatoms. The Kier molecular flexibility index (Phi) is 3.96. The third-order valence-electron chi connectivity index (χ3n) is 2.16. The van der Waals surface area contributed by atoms with E-state index in [1.54, 1.807) is 6.08 Å². The van der Waals surface area contributed by atoms with Gasteiger partial charge in [-0.25, -0.2) is 0 Å². The molecule has 1 aliphatic heterocycles. The summed E-state index contributed by atoms with van der Waals surface area (Å²) in [6.07, 6.45) is 3.31. The molecule has 1 saturated heterocycles. The zero-order valence-corrected chi connectivity index (χ0v) is 7.99. The summed E-state index contributed by atoms with van der Waals surface area (Å²) in [5.74, 6) is -0.0984. The molecule has 0 spiro atoms. The molecule has 2 atom stereocenters. The van der Waals surface area contributed by atoms with Crippen molar-refractivity contribution in [2.45, 2.75) is 25.9 Å². The van der Waals surface area contributed by atoms with E-state index in [1.165, 1.54) is 0 Å². The van der Waals surface area contributed by atoms with Gasteiger partial charge in [-0.2, -0.15) is 0 Å². The molecule has 0 aliphatic carbocycles. The Bertz CT molecular complexity index is 189. The number of hydrogen-bond donors (Lipinski definition) is 0. The first-order valence-corrected chi connectivity index (χ1v) is 4.63. The number of carbonyl (C=O) groups excluding carboxylic acids is 1. The molecule has 0 radical (unpaired) electrons. The van der Waals surface area contributed by atoms with Crippen LogP contribution in [0.3, 0.4) is 0 Å². The first-order chi connectivity index (χ1) is 6.24. The molecule has 74 valence electrons. The molecule has 1 rings (SSSR count). The van der Waals surface area contributed by atoms with Gasteiger partial charge in [0.1, 0.15) is 6.61 Å². The van der Waals surface area contributed by atoms with Crippen LogP contribution >= 0.6 is 0 Å². The van der Waals surface area contributed by atoms with E-state index in [0.29, 0.717) is 13.2 Å². The highest BCUT2D eigenvalue weighted by Gasteiger charge is 2.26. The van der Waals surface area contributed by atoms with E-state index in [9.17, 15) is 4.79 Å². The number of rotatable bonds is 3. The Morgan fingerprint density at radius 1 is 1.77 bits per heavy atom. The minimum Gasteiger partial charge on any atom is -0.461 e. The van der Waals surface area contributed by atoms with Crippen molar-refractivity contribution in [3.8, 4) is 0 Å². The maximum absolute atomic E-state index is 11.4. The summed E-state index contributed by atoms with van der Waals surface area (Å²) in [7, 11) is 0. The lowest BCUT2D eigenvalue weighted by molar-refractivity contribution is -0.152. The van der Waals surface area contributed by atoms with Crippen LogP contribution in [-0.2, 0) is 14.3 Å². The van der Waals surface area contributed by atoms with Crippen LogP contribution in [0.25, 0.3) is 0 Å². The highest BCUT2D eigenvalue weighted by Crippen LogP contribution is 2.20. The third kappa shape index (κ3) is 3.19. The van der Waals surface area contributed by atoms with Gasteiger partial charge in [0.2, 0.25) is 0 Å². The van der Waals surface area contributed by atoms with Gasteiger partial charge in [-0.15, -0.1) is 0 Å². The molecule has 1 aliphatic rings. The zero-order chi connectivity index (χ0) is 9.68. The fraction of sp³-hybridized carbons (Fsp3) is 0.700. The summed E-state index contributed by atoms with van der Waals surface area (Å²) in [4.78, 5) is 11.4. The Balaban J connectivity index is 2.32.